The van der Waals surface area contributed by atoms with Gasteiger partial charge in [-0.25, -0.2) is 4.98 Å². The second-order valence-electron chi connectivity index (χ2n) is 6.70. The predicted molar refractivity (Wildman–Crippen MR) is 98.8 cm³/mol. The Bertz CT molecular complexity index is 667. The molecule has 2 aromatic rings. The smallest absolute Gasteiger partial charge is 0.205 e. The minimum atomic E-state index is -0.432. The van der Waals surface area contributed by atoms with E-state index in [0.29, 0.717) is 6.54 Å². The van der Waals surface area contributed by atoms with Gasteiger partial charge >= 0.3 is 0 Å². The topological polar surface area (TPSA) is 52.5 Å². The van der Waals surface area contributed by atoms with Gasteiger partial charge in [-0.3, -0.25) is 4.90 Å². The van der Waals surface area contributed by atoms with Crippen molar-refractivity contribution in [1.29, 1.82) is 0 Å². The van der Waals surface area contributed by atoms with Crippen LogP contribution >= 0.6 is 11.5 Å². The number of rotatable bonds is 4. The molecular weight excluding hydrogens is 320 g/mol. The fourth-order valence-electron chi connectivity index (χ4n) is 3.31. The normalized spacial score (nSPS) is 17.8. The molecule has 24 heavy (non-hydrogen) atoms. The molecule has 5 nitrogen and oxygen atoms in total. The third-order valence-corrected chi connectivity index (χ3v) is 5.30. The highest BCUT2D eigenvalue weighted by Crippen LogP contribution is 2.21. The van der Waals surface area contributed by atoms with Crippen molar-refractivity contribution in [2.24, 2.45) is 0 Å². The van der Waals surface area contributed by atoms with E-state index >= 15 is 0 Å². The third kappa shape index (κ3) is 4.32. The maximum Gasteiger partial charge on any atom is 0.205 e. The first-order chi connectivity index (χ1) is 11.5. The van der Waals surface area contributed by atoms with Crippen molar-refractivity contribution < 1.29 is 5.11 Å². The summed E-state index contributed by atoms with van der Waals surface area (Å²) in [5, 5.41) is 11.6. The zero-order valence-corrected chi connectivity index (χ0v) is 15.5. The molecule has 1 saturated heterocycles. The van der Waals surface area contributed by atoms with E-state index in [1.807, 2.05) is 6.92 Å². The molecule has 3 rings (SSSR count). The minimum absolute atomic E-state index is 0.432. The minimum Gasteiger partial charge on any atom is -0.387 e. The van der Waals surface area contributed by atoms with Crippen LogP contribution in [-0.2, 0) is 0 Å². The van der Waals surface area contributed by atoms with Crippen molar-refractivity contribution in [2.45, 2.75) is 33.3 Å². The summed E-state index contributed by atoms with van der Waals surface area (Å²) < 4.78 is 4.28. The number of β-amino-alcohol motifs (C(OH)–C–C–N with tert-alkyl or cyclic N) is 1. The zero-order valence-electron chi connectivity index (χ0n) is 14.7. The van der Waals surface area contributed by atoms with Gasteiger partial charge in [0.05, 0.1) is 6.10 Å². The maximum atomic E-state index is 10.6. The molecular formula is C18H26N4OS. The number of hydrogen-bond donors (Lipinski definition) is 1. The van der Waals surface area contributed by atoms with Gasteiger partial charge < -0.3 is 10.0 Å². The van der Waals surface area contributed by atoms with Gasteiger partial charge in [0.15, 0.2) is 0 Å². The van der Waals surface area contributed by atoms with Crippen molar-refractivity contribution in [3.05, 3.63) is 40.7 Å². The molecule has 1 atom stereocenters. The molecule has 2 heterocycles. The molecule has 1 aromatic carbocycles. The van der Waals surface area contributed by atoms with E-state index in [-0.39, 0.29) is 0 Å². The van der Waals surface area contributed by atoms with Gasteiger partial charge in [0, 0.05) is 44.3 Å². The number of nitrogens with zero attached hydrogens (tertiary/aromatic N) is 4. The van der Waals surface area contributed by atoms with Crippen molar-refractivity contribution in [1.82, 2.24) is 14.3 Å². The number of hydrogen-bond acceptors (Lipinski definition) is 6. The van der Waals surface area contributed by atoms with Crippen LogP contribution in [0.4, 0.5) is 5.13 Å². The lowest BCUT2D eigenvalue weighted by molar-refractivity contribution is 0.117. The quantitative estimate of drug-likeness (QED) is 0.922. The average Bonchev–Trinajstić information content (AvgIpc) is 2.82. The molecule has 130 valence electrons. The first-order valence-electron chi connectivity index (χ1n) is 8.55. The van der Waals surface area contributed by atoms with E-state index in [2.05, 4.69) is 51.2 Å². The van der Waals surface area contributed by atoms with E-state index in [0.717, 1.165) is 49.1 Å². The van der Waals surface area contributed by atoms with Crippen LogP contribution in [-0.4, -0.2) is 52.1 Å². The lowest BCUT2D eigenvalue weighted by Crippen LogP contribution is -2.33. The highest BCUT2D eigenvalue weighted by molar-refractivity contribution is 7.09. The fraction of sp³-hybridized carbons (Fsp3) is 0.556. The number of benzene rings is 1. The summed E-state index contributed by atoms with van der Waals surface area (Å²) in [5.41, 5.74) is 3.43. The zero-order chi connectivity index (χ0) is 17.1. The summed E-state index contributed by atoms with van der Waals surface area (Å²) in [6, 6.07) is 6.32. The van der Waals surface area contributed by atoms with Gasteiger partial charge in [-0.1, -0.05) is 29.3 Å². The van der Waals surface area contributed by atoms with Crippen LogP contribution in [0, 0.1) is 20.8 Å². The van der Waals surface area contributed by atoms with E-state index in [1.54, 1.807) is 0 Å². The van der Waals surface area contributed by atoms with Gasteiger partial charge in [0.1, 0.15) is 5.82 Å². The molecule has 0 spiro atoms. The van der Waals surface area contributed by atoms with Crippen molar-refractivity contribution in [2.75, 3.05) is 37.6 Å². The Kier molecular flexibility index (Phi) is 5.48. The Hall–Kier alpha value is -1.50. The van der Waals surface area contributed by atoms with E-state index in [4.69, 9.17) is 0 Å². The molecule has 0 saturated carbocycles. The molecule has 0 aliphatic carbocycles. The molecule has 0 amide bonds. The fourth-order valence-corrected chi connectivity index (χ4v) is 4.04. The van der Waals surface area contributed by atoms with Crippen LogP contribution in [0.15, 0.2) is 18.2 Å². The standard InChI is InChI=1S/C18H26N4OS/c1-13-9-14(2)11-16(10-13)17(23)12-21-5-4-6-22(8-7-21)18-19-15(3)20-24-18/h9-11,17,23H,4-8,12H2,1-3H3. The number of aryl methyl sites for hydroxylation is 3. The molecule has 0 bridgehead atoms. The average molecular weight is 347 g/mol. The molecule has 1 unspecified atom stereocenters. The third-order valence-electron chi connectivity index (χ3n) is 4.44. The van der Waals surface area contributed by atoms with Gasteiger partial charge in [-0.2, -0.15) is 4.37 Å². The Morgan fingerprint density at radius 1 is 1.08 bits per heavy atom. The molecule has 1 aromatic heterocycles. The van der Waals surface area contributed by atoms with Crippen LogP contribution < -0.4 is 4.90 Å². The van der Waals surface area contributed by atoms with Crippen LogP contribution in [0.25, 0.3) is 0 Å². The Balaban J connectivity index is 1.60. The summed E-state index contributed by atoms with van der Waals surface area (Å²) in [7, 11) is 0. The lowest BCUT2D eigenvalue weighted by Gasteiger charge is -2.24. The number of aromatic nitrogens is 2. The molecule has 1 aliphatic heterocycles. The molecule has 0 radical (unpaired) electrons. The first-order valence-corrected chi connectivity index (χ1v) is 9.32. The summed E-state index contributed by atoms with van der Waals surface area (Å²) in [6.07, 6.45) is 0.650. The van der Waals surface area contributed by atoms with Gasteiger partial charge in [-0.05, 0) is 32.8 Å². The van der Waals surface area contributed by atoms with Crippen LogP contribution in [0.5, 0.6) is 0 Å². The summed E-state index contributed by atoms with van der Waals surface area (Å²) in [6.45, 7) is 10.7. The second kappa shape index (κ2) is 7.59. The summed E-state index contributed by atoms with van der Waals surface area (Å²) in [5.74, 6) is 0.848. The number of anilines is 1. The SMILES string of the molecule is Cc1cc(C)cc(C(O)CN2CCCN(c3nc(C)ns3)CC2)c1. The second-order valence-corrected chi connectivity index (χ2v) is 7.43. The van der Waals surface area contributed by atoms with Gasteiger partial charge in [0.25, 0.3) is 0 Å². The van der Waals surface area contributed by atoms with Crippen molar-refractivity contribution >= 4 is 16.7 Å². The molecule has 6 heteroatoms. The van der Waals surface area contributed by atoms with Crippen LogP contribution in [0.3, 0.4) is 0 Å². The largest absolute Gasteiger partial charge is 0.387 e. The molecule has 1 fully saturated rings. The van der Waals surface area contributed by atoms with E-state index in [1.165, 1.54) is 22.7 Å². The lowest BCUT2D eigenvalue weighted by atomic mass is 10.0. The highest BCUT2D eigenvalue weighted by atomic mass is 32.1. The van der Waals surface area contributed by atoms with Crippen molar-refractivity contribution in [3.8, 4) is 0 Å². The summed E-state index contributed by atoms with van der Waals surface area (Å²) >= 11 is 1.48. The first kappa shape index (κ1) is 17.3. The van der Waals surface area contributed by atoms with Crippen LogP contribution in [0.2, 0.25) is 0 Å². The van der Waals surface area contributed by atoms with E-state index in [9.17, 15) is 5.11 Å². The maximum absolute atomic E-state index is 10.6. The van der Waals surface area contributed by atoms with Gasteiger partial charge in [-0.15, -0.1) is 0 Å². The Morgan fingerprint density at radius 2 is 1.83 bits per heavy atom. The molecule has 1 aliphatic rings. The summed E-state index contributed by atoms with van der Waals surface area (Å²) in [4.78, 5) is 9.17. The monoisotopic (exact) mass is 346 g/mol. The highest BCUT2D eigenvalue weighted by Gasteiger charge is 2.20. The van der Waals surface area contributed by atoms with E-state index < -0.39 is 6.10 Å². The van der Waals surface area contributed by atoms with Crippen LogP contribution in [0.1, 0.15) is 35.0 Å². The Morgan fingerprint density at radius 3 is 2.50 bits per heavy atom. The van der Waals surface area contributed by atoms with Crippen molar-refractivity contribution in [3.63, 3.8) is 0 Å². The molecule has 1 N–H and O–H groups in total. The Labute approximate surface area is 148 Å². The predicted octanol–water partition coefficient (Wildman–Crippen LogP) is 2.71. The number of aliphatic hydroxyl groups excluding tert-OH is 1. The number of aliphatic hydroxyl groups is 1. The van der Waals surface area contributed by atoms with Gasteiger partial charge in [0.2, 0.25) is 5.13 Å².